The molecule has 0 unspecified atom stereocenters. The summed E-state index contributed by atoms with van der Waals surface area (Å²) in [6.07, 6.45) is 0. The lowest BCUT2D eigenvalue weighted by atomic mass is 10.1. The van der Waals surface area contributed by atoms with Crippen molar-refractivity contribution in [1.29, 1.82) is 0 Å². The number of Topliss-reactive ketones (excluding diaryl/α,β-unsaturated/α-hetero) is 2. The van der Waals surface area contributed by atoms with Crippen molar-refractivity contribution in [1.82, 2.24) is 30.4 Å². The fraction of sp³-hybridized carbons (Fsp3) is 0. The Balaban J connectivity index is 1.28. The Kier molecular flexibility index (Phi) is 4.71. The second-order valence-electron chi connectivity index (χ2n) is 7.64. The number of nitrogens with zero attached hydrogens (tertiary/aromatic N) is 4. The van der Waals surface area contributed by atoms with E-state index in [0.29, 0.717) is 21.8 Å². The van der Waals surface area contributed by atoms with E-state index in [-0.39, 0.29) is 34.6 Å². The Morgan fingerprint density at radius 3 is 1.50 bits per heavy atom. The summed E-state index contributed by atoms with van der Waals surface area (Å²) < 4.78 is 10.4. The van der Waals surface area contributed by atoms with Crippen LogP contribution in [0, 0.1) is 0 Å². The topological polar surface area (TPSA) is 178 Å². The number of aromatic nitrogens is 6. The summed E-state index contributed by atoms with van der Waals surface area (Å²) in [4.78, 5) is 58.4. The van der Waals surface area contributed by atoms with Crippen molar-refractivity contribution in [2.75, 3.05) is 0 Å². The Bertz CT molecular complexity index is 1800. The second-order valence-corrected chi connectivity index (χ2v) is 7.64. The van der Waals surface area contributed by atoms with Crippen molar-refractivity contribution >= 4 is 33.4 Å². The van der Waals surface area contributed by atoms with Crippen LogP contribution in [-0.4, -0.2) is 41.9 Å². The monoisotopic (exact) mass is 480 g/mol. The van der Waals surface area contributed by atoms with Crippen LogP contribution in [0.3, 0.4) is 0 Å². The van der Waals surface area contributed by atoms with E-state index >= 15 is 0 Å². The van der Waals surface area contributed by atoms with Crippen LogP contribution in [0.1, 0.15) is 21.0 Å². The van der Waals surface area contributed by atoms with E-state index in [1.165, 1.54) is 12.1 Å². The highest BCUT2D eigenvalue weighted by atomic mass is 16.4. The molecule has 0 saturated carbocycles. The van der Waals surface area contributed by atoms with Crippen LogP contribution in [0.5, 0.6) is 0 Å². The minimum absolute atomic E-state index is 0.0860. The highest BCUT2D eigenvalue weighted by Crippen LogP contribution is 2.20. The number of aromatic amines is 2. The molecule has 0 radical (unpaired) electrons. The number of fused-ring (bicyclic) bond motifs is 2. The molecule has 0 atom stereocenters. The zero-order chi connectivity index (χ0) is 24.8. The van der Waals surface area contributed by atoms with Gasteiger partial charge in [-0.1, -0.05) is 24.3 Å². The molecule has 0 aliphatic rings. The first-order valence-corrected chi connectivity index (χ1v) is 10.5. The van der Waals surface area contributed by atoms with Gasteiger partial charge in [0, 0.05) is 12.1 Å². The van der Waals surface area contributed by atoms with Gasteiger partial charge in [-0.05, 0) is 24.3 Å². The minimum atomic E-state index is -0.966. The number of benzene rings is 2. The smallest absolute Gasteiger partial charge is 0.347 e. The number of rotatable bonds is 5. The number of ketones is 2. The molecule has 2 aromatic carbocycles. The normalized spacial score (nSPS) is 11.2. The Morgan fingerprint density at radius 2 is 1.06 bits per heavy atom. The molecule has 2 N–H and O–H groups in total. The molecule has 0 bridgehead atoms. The summed E-state index contributed by atoms with van der Waals surface area (Å²) in [7, 11) is 0. The highest BCUT2D eigenvalue weighted by molar-refractivity contribution is 6.48. The van der Waals surface area contributed by atoms with Crippen LogP contribution < -0.4 is 11.3 Å². The maximum absolute atomic E-state index is 12.8. The van der Waals surface area contributed by atoms with Crippen molar-refractivity contribution in [2.45, 2.75) is 0 Å². The number of carbonyl (C=O) groups excluding carboxylic acids is 2. The van der Waals surface area contributed by atoms with Gasteiger partial charge in [0.2, 0.25) is 11.8 Å². The minimum Gasteiger partial charge on any atom is -0.401 e. The molecule has 12 nitrogen and oxygen atoms in total. The van der Waals surface area contributed by atoms with E-state index in [4.69, 9.17) is 8.83 Å². The van der Waals surface area contributed by atoms with Crippen LogP contribution in [-0.2, 0) is 0 Å². The maximum Gasteiger partial charge on any atom is 0.347 e. The van der Waals surface area contributed by atoms with Crippen molar-refractivity contribution < 1.29 is 18.4 Å². The summed E-state index contributed by atoms with van der Waals surface area (Å²) in [5.41, 5.74) is -0.585. The van der Waals surface area contributed by atoms with E-state index in [1.54, 1.807) is 48.5 Å². The van der Waals surface area contributed by atoms with Gasteiger partial charge in [0.25, 0.3) is 11.6 Å². The molecule has 0 aliphatic heterocycles. The van der Waals surface area contributed by atoms with Crippen molar-refractivity contribution in [3.05, 3.63) is 92.9 Å². The summed E-state index contributed by atoms with van der Waals surface area (Å²) in [6, 6.07) is 15.7. The Labute approximate surface area is 198 Å². The Hall–Kier alpha value is -5.52. The highest BCUT2D eigenvalue weighted by Gasteiger charge is 2.25. The van der Waals surface area contributed by atoms with Crippen LogP contribution in [0.4, 0.5) is 0 Å². The third-order valence-corrected chi connectivity index (χ3v) is 5.36. The predicted molar refractivity (Wildman–Crippen MR) is 124 cm³/mol. The SMILES string of the molecule is O=C(C(=O)c1cc(-c2nc3ccccc3c(=O)o2)[nH]n1)c1cc(-c2nc3ccccc3c(=O)o2)[nH]n1. The van der Waals surface area contributed by atoms with E-state index in [0.717, 1.165) is 0 Å². The average Bonchev–Trinajstić information content (AvgIpc) is 3.59. The second kappa shape index (κ2) is 8.06. The molecule has 4 heterocycles. The molecule has 6 rings (SSSR count). The number of hydrogen-bond donors (Lipinski definition) is 2. The van der Waals surface area contributed by atoms with E-state index in [1.807, 2.05) is 0 Å². The van der Waals surface area contributed by atoms with Crippen molar-refractivity contribution in [3.8, 4) is 23.2 Å². The largest absolute Gasteiger partial charge is 0.401 e. The molecular weight excluding hydrogens is 468 g/mol. The lowest BCUT2D eigenvalue weighted by Gasteiger charge is -1.98. The van der Waals surface area contributed by atoms with Gasteiger partial charge in [0.05, 0.1) is 21.8 Å². The third kappa shape index (κ3) is 3.49. The molecule has 0 spiro atoms. The lowest BCUT2D eigenvalue weighted by molar-refractivity contribution is 0.0811. The summed E-state index contributed by atoms with van der Waals surface area (Å²) >= 11 is 0. The average molecular weight is 480 g/mol. The van der Waals surface area contributed by atoms with Crippen LogP contribution >= 0.6 is 0 Å². The van der Waals surface area contributed by atoms with Crippen LogP contribution in [0.2, 0.25) is 0 Å². The maximum atomic E-state index is 12.8. The van der Waals surface area contributed by atoms with Crippen molar-refractivity contribution in [2.24, 2.45) is 0 Å². The summed E-state index contributed by atoms with van der Waals surface area (Å²) in [6.45, 7) is 0. The number of nitrogens with one attached hydrogen (secondary N) is 2. The van der Waals surface area contributed by atoms with Gasteiger partial charge >= 0.3 is 11.3 Å². The molecule has 12 heteroatoms. The van der Waals surface area contributed by atoms with E-state index < -0.39 is 22.8 Å². The number of para-hydroxylation sites is 2. The number of H-pyrrole nitrogens is 2. The predicted octanol–water partition coefficient (Wildman–Crippen LogP) is 2.54. The Morgan fingerprint density at radius 1 is 0.639 bits per heavy atom. The third-order valence-electron chi connectivity index (χ3n) is 5.36. The molecular formula is C24H12N6O6. The lowest BCUT2D eigenvalue weighted by Crippen LogP contribution is -2.15. The first-order chi connectivity index (χ1) is 17.5. The van der Waals surface area contributed by atoms with Gasteiger partial charge < -0.3 is 8.83 Å². The fourth-order valence-electron chi connectivity index (χ4n) is 3.60. The molecule has 6 aromatic rings. The van der Waals surface area contributed by atoms with E-state index in [9.17, 15) is 19.2 Å². The number of hydrogen-bond acceptors (Lipinski definition) is 10. The first-order valence-electron chi connectivity index (χ1n) is 10.5. The fourth-order valence-corrected chi connectivity index (χ4v) is 3.60. The van der Waals surface area contributed by atoms with Crippen LogP contribution in [0.25, 0.3) is 45.0 Å². The quantitative estimate of drug-likeness (QED) is 0.275. The van der Waals surface area contributed by atoms with Gasteiger partial charge in [-0.2, -0.15) is 10.2 Å². The van der Waals surface area contributed by atoms with Gasteiger partial charge in [-0.3, -0.25) is 19.8 Å². The van der Waals surface area contributed by atoms with Crippen LogP contribution in [0.15, 0.2) is 79.1 Å². The van der Waals surface area contributed by atoms with Gasteiger partial charge in [0.15, 0.2) is 0 Å². The molecule has 4 aromatic heterocycles. The summed E-state index contributed by atoms with van der Waals surface area (Å²) in [5.74, 6) is -2.10. The summed E-state index contributed by atoms with van der Waals surface area (Å²) in [5, 5.41) is 13.4. The molecule has 0 aliphatic carbocycles. The zero-order valence-corrected chi connectivity index (χ0v) is 18.0. The number of carbonyl (C=O) groups is 2. The van der Waals surface area contributed by atoms with E-state index in [2.05, 4.69) is 30.4 Å². The molecule has 36 heavy (non-hydrogen) atoms. The van der Waals surface area contributed by atoms with Crippen molar-refractivity contribution in [3.63, 3.8) is 0 Å². The molecule has 174 valence electrons. The molecule has 0 fully saturated rings. The van der Waals surface area contributed by atoms with Gasteiger partial charge in [-0.25, -0.2) is 19.6 Å². The standard InChI is InChI=1S/C24H12N6O6/c31-19(15-9-17(29-27-15)21-25-13-7-3-1-5-11(13)23(33)35-21)20(32)16-10-18(30-28-16)22-26-14-8-4-2-6-12(14)24(34)36-22/h1-10H,(H,27,29)(H,28,30). The zero-order valence-electron chi connectivity index (χ0n) is 18.0. The van der Waals surface area contributed by atoms with Gasteiger partial charge in [0.1, 0.15) is 22.8 Å². The van der Waals surface area contributed by atoms with Gasteiger partial charge in [-0.15, -0.1) is 0 Å². The first kappa shape index (κ1) is 21.0. The molecule has 0 amide bonds. The molecule has 0 saturated heterocycles.